The van der Waals surface area contributed by atoms with E-state index in [2.05, 4.69) is 55.4 Å². The third kappa shape index (κ3) is 2.78. The van der Waals surface area contributed by atoms with Gasteiger partial charge in [0.15, 0.2) is 0 Å². The number of rotatable bonds is 2. The Morgan fingerprint density at radius 1 is 0.645 bits per heavy atom. The number of hydrogen-bond donors (Lipinski definition) is 0. The smallest absolute Gasteiger partial charge is 0.0235 e. The Kier molecular flexibility index (Phi) is 5.15. The van der Waals surface area contributed by atoms with Crippen LogP contribution in [0.1, 0.15) is 132 Å². The van der Waals surface area contributed by atoms with Crippen LogP contribution in [0, 0.1) is 62.6 Å². The molecule has 0 spiro atoms. The minimum absolute atomic E-state index is 0.560. The second-order valence-electron chi connectivity index (χ2n) is 15.2. The lowest BCUT2D eigenvalue weighted by Gasteiger charge is -2.73. The van der Waals surface area contributed by atoms with Crippen molar-refractivity contribution in [3.63, 3.8) is 0 Å². The third-order valence-corrected chi connectivity index (χ3v) is 14.1. The van der Waals surface area contributed by atoms with Crippen LogP contribution in [0.4, 0.5) is 0 Å². The van der Waals surface area contributed by atoms with Gasteiger partial charge < -0.3 is 0 Å². The predicted molar refractivity (Wildman–Crippen MR) is 134 cm³/mol. The van der Waals surface area contributed by atoms with Crippen LogP contribution < -0.4 is 0 Å². The highest BCUT2D eigenvalue weighted by Gasteiger charge is 2.70. The van der Waals surface area contributed by atoms with Gasteiger partial charge in [-0.2, -0.15) is 0 Å². The van der Waals surface area contributed by atoms with Gasteiger partial charge in [-0.15, -0.1) is 0 Å². The van der Waals surface area contributed by atoms with Gasteiger partial charge in [0, 0.05) is 0 Å². The van der Waals surface area contributed by atoms with Crippen molar-refractivity contribution in [2.24, 2.45) is 62.6 Å². The molecule has 31 heavy (non-hydrogen) atoms. The number of hydrogen-bond acceptors (Lipinski definition) is 0. The fourth-order valence-corrected chi connectivity index (χ4v) is 12.3. The highest BCUT2D eigenvalue weighted by atomic mass is 14.7. The van der Waals surface area contributed by atoms with E-state index in [-0.39, 0.29) is 0 Å². The normalized spacial score (nSPS) is 56.7. The maximum absolute atomic E-state index is 2.82. The molecular formula is C31H54. The van der Waals surface area contributed by atoms with E-state index >= 15 is 0 Å². The van der Waals surface area contributed by atoms with Crippen LogP contribution in [-0.2, 0) is 0 Å². The van der Waals surface area contributed by atoms with Crippen molar-refractivity contribution in [2.45, 2.75) is 132 Å². The number of fused-ring (bicyclic) bond motifs is 7. The predicted octanol–water partition coefficient (Wildman–Crippen LogP) is 9.52. The van der Waals surface area contributed by atoms with Gasteiger partial charge in [-0.25, -0.2) is 0 Å². The zero-order chi connectivity index (χ0) is 22.4. The Morgan fingerprint density at radius 2 is 1.26 bits per heavy atom. The van der Waals surface area contributed by atoms with Crippen LogP contribution in [0.2, 0.25) is 0 Å². The topological polar surface area (TPSA) is 0 Å². The van der Waals surface area contributed by atoms with Gasteiger partial charge in [0.25, 0.3) is 0 Å². The molecule has 0 amide bonds. The summed E-state index contributed by atoms with van der Waals surface area (Å²) in [5.41, 5.74) is 2.91. The molecule has 5 aliphatic rings. The molecule has 0 radical (unpaired) electrons. The van der Waals surface area contributed by atoms with Gasteiger partial charge in [-0.1, -0.05) is 68.2 Å². The highest BCUT2D eigenvalue weighted by molar-refractivity contribution is 5.19. The molecule has 5 aliphatic carbocycles. The average molecular weight is 427 g/mol. The molecule has 0 N–H and O–H groups in total. The first-order valence-electron chi connectivity index (χ1n) is 14.4. The molecule has 5 fully saturated rings. The summed E-state index contributed by atoms with van der Waals surface area (Å²) in [6.45, 7) is 21.4. The fraction of sp³-hybridized carbons (Fsp3) is 1.00. The standard InChI is InChI=1S/C31H54/c1-9-21(2)22-13-18-28(5)23(22)14-19-30(7)25(28)11-12-26-29(6)17-10-16-27(3,4)24(29)15-20-31(26,30)8/h21-26H,9-20H2,1-8H3. The maximum Gasteiger partial charge on any atom is -0.0235 e. The van der Waals surface area contributed by atoms with E-state index < -0.39 is 0 Å². The van der Waals surface area contributed by atoms with Crippen molar-refractivity contribution in [1.29, 1.82) is 0 Å². The third-order valence-electron chi connectivity index (χ3n) is 14.1. The molecule has 0 aromatic rings. The van der Waals surface area contributed by atoms with Gasteiger partial charge in [0.1, 0.15) is 0 Å². The molecule has 10 atom stereocenters. The molecule has 0 heteroatoms. The largest absolute Gasteiger partial charge is 0.0651 e. The van der Waals surface area contributed by atoms with Crippen molar-refractivity contribution in [3.05, 3.63) is 0 Å². The summed E-state index contributed by atoms with van der Waals surface area (Å²) >= 11 is 0. The molecule has 0 saturated heterocycles. The highest BCUT2D eigenvalue weighted by Crippen LogP contribution is 2.78. The molecule has 0 nitrogen and oxygen atoms in total. The first-order chi connectivity index (χ1) is 14.4. The fourth-order valence-electron chi connectivity index (χ4n) is 12.3. The van der Waals surface area contributed by atoms with Crippen LogP contribution in [0.25, 0.3) is 0 Å². The summed E-state index contributed by atoms with van der Waals surface area (Å²) in [5.74, 6) is 5.86. The summed E-state index contributed by atoms with van der Waals surface area (Å²) in [7, 11) is 0. The summed E-state index contributed by atoms with van der Waals surface area (Å²) in [5, 5.41) is 0. The van der Waals surface area contributed by atoms with E-state index in [0.717, 1.165) is 35.5 Å². The van der Waals surface area contributed by atoms with E-state index in [4.69, 9.17) is 0 Å². The van der Waals surface area contributed by atoms with E-state index in [1.54, 1.807) is 6.42 Å². The van der Waals surface area contributed by atoms with Crippen LogP contribution in [0.5, 0.6) is 0 Å². The minimum Gasteiger partial charge on any atom is -0.0651 e. The molecule has 178 valence electrons. The molecule has 0 aliphatic heterocycles. The van der Waals surface area contributed by atoms with E-state index in [1.165, 1.54) is 70.6 Å². The molecule has 0 aromatic heterocycles. The molecule has 5 rings (SSSR count). The van der Waals surface area contributed by atoms with Crippen molar-refractivity contribution < 1.29 is 0 Å². The van der Waals surface area contributed by atoms with Crippen molar-refractivity contribution >= 4 is 0 Å². The summed E-state index contributed by atoms with van der Waals surface area (Å²) in [6.07, 6.45) is 18.1. The molecule has 5 saturated carbocycles. The van der Waals surface area contributed by atoms with E-state index in [0.29, 0.717) is 27.1 Å². The van der Waals surface area contributed by atoms with Crippen LogP contribution in [-0.4, -0.2) is 0 Å². The Bertz CT molecular complexity index is 705. The van der Waals surface area contributed by atoms with E-state index in [1.807, 2.05) is 0 Å². The molecular weight excluding hydrogens is 372 g/mol. The second-order valence-corrected chi connectivity index (χ2v) is 15.2. The Hall–Kier alpha value is 0. The van der Waals surface area contributed by atoms with Crippen molar-refractivity contribution in [3.8, 4) is 0 Å². The zero-order valence-electron chi connectivity index (χ0n) is 22.4. The summed E-state index contributed by atoms with van der Waals surface area (Å²) in [6, 6.07) is 0. The summed E-state index contributed by atoms with van der Waals surface area (Å²) < 4.78 is 0. The SMILES string of the molecule is CCC(C)C1CCC2(C)C1CCC1(C)C2CCC2C3(C)CCCC(C)(C)C3CCC21C. The monoisotopic (exact) mass is 426 g/mol. The Balaban J connectivity index is 1.50. The van der Waals surface area contributed by atoms with E-state index in [9.17, 15) is 0 Å². The van der Waals surface area contributed by atoms with Gasteiger partial charge in [-0.3, -0.25) is 0 Å². The Labute approximate surface area is 195 Å². The molecule has 0 heterocycles. The lowest BCUT2D eigenvalue weighted by atomic mass is 9.32. The van der Waals surface area contributed by atoms with Crippen LogP contribution in [0.3, 0.4) is 0 Å². The Morgan fingerprint density at radius 3 is 1.90 bits per heavy atom. The lowest BCUT2D eigenvalue weighted by molar-refractivity contribution is -0.241. The van der Waals surface area contributed by atoms with Gasteiger partial charge >= 0.3 is 0 Å². The first kappa shape index (κ1) is 22.8. The van der Waals surface area contributed by atoms with Crippen LogP contribution in [0.15, 0.2) is 0 Å². The van der Waals surface area contributed by atoms with Crippen molar-refractivity contribution in [1.82, 2.24) is 0 Å². The quantitative estimate of drug-likeness (QED) is 0.412. The maximum atomic E-state index is 2.82. The van der Waals surface area contributed by atoms with Crippen molar-refractivity contribution in [2.75, 3.05) is 0 Å². The second kappa shape index (κ2) is 7.01. The molecule has 0 aromatic carbocycles. The lowest BCUT2D eigenvalue weighted by Crippen LogP contribution is -2.65. The van der Waals surface area contributed by atoms with Crippen LogP contribution >= 0.6 is 0 Å². The average Bonchev–Trinajstić information content (AvgIpc) is 3.04. The molecule has 10 unspecified atom stereocenters. The first-order valence-corrected chi connectivity index (χ1v) is 14.4. The van der Waals surface area contributed by atoms with Gasteiger partial charge in [-0.05, 0) is 127 Å². The van der Waals surface area contributed by atoms with Gasteiger partial charge in [0.05, 0.1) is 0 Å². The van der Waals surface area contributed by atoms with Gasteiger partial charge in [0.2, 0.25) is 0 Å². The minimum atomic E-state index is 0.560. The zero-order valence-corrected chi connectivity index (χ0v) is 22.4. The summed E-state index contributed by atoms with van der Waals surface area (Å²) in [4.78, 5) is 0. The molecule has 0 bridgehead atoms.